The fourth-order valence-electron chi connectivity index (χ4n) is 1.96. The number of anilines is 1. The highest BCUT2D eigenvalue weighted by Crippen LogP contribution is 2.29. The van der Waals surface area contributed by atoms with Crippen LogP contribution in [-0.4, -0.2) is 33.8 Å². The molecule has 1 aliphatic heterocycles. The quantitative estimate of drug-likeness (QED) is 0.841. The third-order valence-corrected chi connectivity index (χ3v) is 4.54. The van der Waals surface area contributed by atoms with Crippen molar-refractivity contribution < 1.29 is 8.42 Å². The summed E-state index contributed by atoms with van der Waals surface area (Å²) in [5.41, 5.74) is 6.30. The number of sulfone groups is 1. The third-order valence-electron chi connectivity index (χ3n) is 2.80. The number of fused-ring (bicyclic) bond motifs is 1. The normalized spacial score (nSPS) is 18.2. The van der Waals surface area contributed by atoms with Crippen LogP contribution in [0, 0.1) is 0 Å². The van der Waals surface area contributed by atoms with Crippen LogP contribution in [0.3, 0.4) is 0 Å². The van der Waals surface area contributed by atoms with Crippen molar-refractivity contribution in [2.75, 3.05) is 30.3 Å². The van der Waals surface area contributed by atoms with E-state index in [2.05, 4.69) is 4.90 Å². The molecule has 0 atom stereocenters. The van der Waals surface area contributed by atoms with Crippen LogP contribution in [0.5, 0.6) is 0 Å². The lowest BCUT2D eigenvalue weighted by atomic mass is 10.2. The number of para-hydroxylation sites is 1. The van der Waals surface area contributed by atoms with Crippen LogP contribution in [0.4, 0.5) is 5.69 Å². The van der Waals surface area contributed by atoms with Crippen LogP contribution in [0.15, 0.2) is 29.2 Å². The van der Waals surface area contributed by atoms with Crippen LogP contribution in [-0.2, 0) is 9.84 Å². The Balaban J connectivity index is 2.36. The first-order valence-electron chi connectivity index (χ1n) is 5.42. The van der Waals surface area contributed by atoms with Crippen molar-refractivity contribution in [3.05, 3.63) is 24.3 Å². The summed E-state index contributed by atoms with van der Waals surface area (Å²) >= 11 is 0. The Morgan fingerprint density at radius 2 is 2.06 bits per heavy atom. The van der Waals surface area contributed by atoms with Gasteiger partial charge in [-0.25, -0.2) is 8.42 Å². The van der Waals surface area contributed by atoms with Gasteiger partial charge in [0, 0.05) is 13.1 Å². The van der Waals surface area contributed by atoms with Crippen molar-refractivity contribution in [3.8, 4) is 0 Å². The zero-order valence-electron chi connectivity index (χ0n) is 9.09. The van der Waals surface area contributed by atoms with E-state index >= 15 is 0 Å². The second-order valence-electron chi connectivity index (χ2n) is 3.92. The highest BCUT2D eigenvalue weighted by molar-refractivity contribution is 7.91. The summed E-state index contributed by atoms with van der Waals surface area (Å²) in [6.45, 7) is 2.02. The van der Waals surface area contributed by atoms with Gasteiger partial charge in [-0.15, -0.1) is 0 Å². The van der Waals surface area contributed by atoms with Crippen LogP contribution >= 0.6 is 0 Å². The number of hydrogen-bond acceptors (Lipinski definition) is 4. The van der Waals surface area contributed by atoms with Crippen molar-refractivity contribution >= 4 is 15.5 Å². The van der Waals surface area contributed by atoms with Crippen LogP contribution in [0.1, 0.15) is 6.42 Å². The molecule has 88 valence electrons. The van der Waals surface area contributed by atoms with E-state index in [0.29, 0.717) is 18.0 Å². The second-order valence-corrected chi connectivity index (χ2v) is 5.99. The number of benzene rings is 1. The predicted molar refractivity (Wildman–Crippen MR) is 64.4 cm³/mol. The molecule has 0 aromatic heterocycles. The molecule has 1 aliphatic rings. The standard InChI is InChI=1S/C11H16N2O2S/c12-6-3-7-13-8-9-16(14,15)11-5-2-1-4-10(11)13/h1-2,4-5H,3,6-9,12H2. The van der Waals surface area contributed by atoms with Crippen molar-refractivity contribution in [1.82, 2.24) is 0 Å². The van der Waals surface area contributed by atoms with Crippen LogP contribution in [0.2, 0.25) is 0 Å². The van der Waals surface area contributed by atoms with Gasteiger partial charge in [0.25, 0.3) is 0 Å². The monoisotopic (exact) mass is 240 g/mol. The summed E-state index contributed by atoms with van der Waals surface area (Å²) in [4.78, 5) is 2.56. The summed E-state index contributed by atoms with van der Waals surface area (Å²) in [5.74, 6) is 0.203. The fraction of sp³-hybridized carbons (Fsp3) is 0.455. The summed E-state index contributed by atoms with van der Waals surface area (Å²) in [5, 5.41) is 0. The van der Waals surface area contributed by atoms with Gasteiger partial charge < -0.3 is 10.6 Å². The van der Waals surface area contributed by atoms with E-state index < -0.39 is 9.84 Å². The van der Waals surface area contributed by atoms with Gasteiger partial charge >= 0.3 is 0 Å². The van der Waals surface area contributed by atoms with Gasteiger partial charge in [0.15, 0.2) is 9.84 Å². The lowest BCUT2D eigenvalue weighted by molar-refractivity contribution is 0.588. The minimum Gasteiger partial charge on any atom is -0.369 e. The molecule has 0 amide bonds. The summed E-state index contributed by atoms with van der Waals surface area (Å²) in [6, 6.07) is 7.18. The van der Waals surface area contributed by atoms with Gasteiger partial charge in [0.05, 0.1) is 16.3 Å². The van der Waals surface area contributed by atoms with Gasteiger partial charge in [-0.05, 0) is 25.1 Å². The molecule has 0 aliphatic carbocycles. The topological polar surface area (TPSA) is 63.4 Å². The van der Waals surface area contributed by atoms with Gasteiger partial charge in [0.1, 0.15) is 0 Å². The van der Waals surface area contributed by atoms with E-state index in [1.165, 1.54) is 0 Å². The molecular formula is C11H16N2O2S. The fourth-order valence-corrected chi connectivity index (χ4v) is 3.44. The highest BCUT2D eigenvalue weighted by Gasteiger charge is 2.27. The molecule has 0 bridgehead atoms. The molecule has 0 fully saturated rings. The number of rotatable bonds is 3. The van der Waals surface area contributed by atoms with Gasteiger partial charge in [0.2, 0.25) is 0 Å². The largest absolute Gasteiger partial charge is 0.369 e. The molecule has 0 spiro atoms. The van der Waals surface area contributed by atoms with E-state index in [9.17, 15) is 8.42 Å². The van der Waals surface area contributed by atoms with Crippen molar-refractivity contribution in [2.45, 2.75) is 11.3 Å². The molecule has 1 aromatic carbocycles. The molecular weight excluding hydrogens is 224 g/mol. The molecule has 0 unspecified atom stereocenters. The Labute approximate surface area is 96.0 Å². The summed E-state index contributed by atoms with van der Waals surface area (Å²) < 4.78 is 23.7. The number of nitrogens with zero attached hydrogens (tertiary/aromatic N) is 1. The molecule has 2 N–H and O–H groups in total. The number of hydrogen-bond donors (Lipinski definition) is 1. The zero-order chi connectivity index (χ0) is 11.6. The lowest BCUT2D eigenvalue weighted by Gasteiger charge is -2.30. The average molecular weight is 240 g/mol. The van der Waals surface area contributed by atoms with E-state index in [1.807, 2.05) is 12.1 Å². The Hall–Kier alpha value is -1.07. The first-order chi connectivity index (χ1) is 7.65. The molecule has 0 saturated heterocycles. The molecule has 1 heterocycles. The predicted octanol–water partition coefficient (Wildman–Crippen LogP) is 0.629. The smallest absolute Gasteiger partial charge is 0.182 e. The lowest BCUT2D eigenvalue weighted by Crippen LogP contribution is -2.36. The molecule has 1 aromatic rings. The minimum atomic E-state index is -3.07. The van der Waals surface area contributed by atoms with Crippen LogP contribution in [0.25, 0.3) is 0 Å². The van der Waals surface area contributed by atoms with E-state index in [1.54, 1.807) is 12.1 Å². The van der Waals surface area contributed by atoms with Gasteiger partial charge in [-0.3, -0.25) is 0 Å². The molecule has 0 radical (unpaired) electrons. The van der Waals surface area contributed by atoms with Crippen molar-refractivity contribution in [1.29, 1.82) is 0 Å². The average Bonchev–Trinajstić information content (AvgIpc) is 2.29. The Morgan fingerprint density at radius 3 is 2.81 bits per heavy atom. The second kappa shape index (κ2) is 4.43. The first kappa shape index (κ1) is 11.4. The molecule has 4 nitrogen and oxygen atoms in total. The van der Waals surface area contributed by atoms with Gasteiger partial charge in [-0.2, -0.15) is 0 Å². The maximum absolute atomic E-state index is 11.8. The van der Waals surface area contributed by atoms with E-state index in [-0.39, 0.29) is 5.75 Å². The molecule has 2 rings (SSSR count). The summed E-state index contributed by atoms with van der Waals surface area (Å²) in [7, 11) is -3.07. The minimum absolute atomic E-state index is 0.203. The Morgan fingerprint density at radius 1 is 1.31 bits per heavy atom. The Kier molecular flexibility index (Phi) is 3.16. The Bertz CT molecular complexity index is 471. The molecule has 5 heteroatoms. The van der Waals surface area contributed by atoms with Crippen molar-refractivity contribution in [3.63, 3.8) is 0 Å². The maximum Gasteiger partial charge on any atom is 0.182 e. The zero-order valence-corrected chi connectivity index (χ0v) is 9.91. The third kappa shape index (κ3) is 2.05. The molecule has 16 heavy (non-hydrogen) atoms. The maximum atomic E-state index is 11.8. The number of nitrogens with two attached hydrogens (primary N) is 1. The van der Waals surface area contributed by atoms with Crippen LogP contribution < -0.4 is 10.6 Å². The SMILES string of the molecule is NCCCN1CCS(=O)(=O)c2ccccc21. The first-order valence-corrected chi connectivity index (χ1v) is 7.07. The summed E-state index contributed by atoms with van der Waals surface area (Å²) in [6.07, 6.45) is 0.883. The van der Waals surface area contributed by atoms with E-state index in [0.717, 1.165) is 18.7 Å². The van der Waals surface area contributed by atoms with Gasteiger partial charge in [-0.1, -0.05) is 12.1 Å². The highest BCUT2D eigenvalue weighted by atomic mass is 32.2. The molecule has 0 saturated carbocycles. The van der Waals surface area contributed by atoms with Crippen molar-refractivity contribution in [2.24, 2.45) is 5.73 Å². The van der Waals surface area contributed by atoms with E-state index in [4.69, 9.17) is 5.73 Å².